The maximum Gasteiger partial charge on any atom is 0.205 e. The Hall–Kier alpha value is -1.33. The van der Waals surface area contributed by atoms with Gasteiger partial charge in [0.25, 0.3) is 0 Å². The van der Waals surface area contributed by atoms with E-state index in [0.717, 1.165) is 57.5 Å². The fraction of sp³-hybridized carbons (Fsp3) is 0.643. The van der Waals surface area contributed by atoms with Crippen LogP contribution in [0.4, 0.5) is 5.95 Å². The zero-order valence-electron chi connectivity index (χ0n) is 12.1. The number of hydrogen-bond donors (Lipinski definition) is 1. The summed E-state index contributed by atoms with van der Waals surface area (Å²) in [5, 5.41) is 3.38. The average Bonchev–Trinajstić information content (AvgIpc) is 2.79. The van der Waals surface area contributed by atoms with E-state index in [1.54, 1.807) is 0 Å². The average molecular weight is 263 g/mol. The van der Waals surface area contributed by atoms with Crippen LogP contribution in [-0.2, 0) is 6.54 Å². The van der Waals surface area contributed by atoms with Crippen LogP contribution < -0.4 is 10.2 Å². The molecule has 0 aliphatic carbocycles. The molecule has 2 heterocycles. The van der Waals surface area contributed by atoms with Crippen molar-refractivity contribution in [2.45, 2.75) is 13.5 Å². The molecule has 1 saturated heterocycles. The summed E-state index contributed by atoms with van der Waals surface area (Å²) >= 11 is 0. The Kier molecular flexibility index (Phi) is 4.99. The van der Waals surface area contributed by atoms with E-state index < -0.39 is 0 Å². The van der Waals surface area contributed by atoms with Crippen LogP contribution in [0, 0.1) is 6.92 Å². The fourth-order valence-corrected chi connectivity index (χ4v) is 2.44. The van der Waals surface area contributed by atoms with Gasteiger partial charge in [0.1, 0.15) is 0 Å². The van der Waals surface area contributed by atoms with Gasteiger partial charge in [-0.15, -0.1) is 6.58 Å². The van der Waals surface area contributed by atoms with Gasteiger partial charge in [-0.2, -0.15) is 0 Å². The van der Waals surface area contributed by atoms with E-state index in [9.17, 15) is 0 Å². The number of anilines is 1. The van der Waals surface area contributed by atoms with Crippen LogP contribution in [0.5, 0.6) is 0 Å². The lowest BCUT2D eigenvalue weighted by Crippen LogP contribution is -2.46. The summed E-state index contributed by atoms with van der Waals surface area (Å²) in [5.74, 6) is 1.03. The second-order valence-electron chi connectivity index (χ2n) is 5.14. The van der Waals surface area contributed by atoms with Gasteiger partial charge in [0, 0.05) is 59.1 Å². The van der Waals surface area contributed by atoms with Crippen LogP contribution >= 0.6 is 0 Å². The first-order valence-electron chi connectivity index (χ1n) is 6.99. The summed E-state index contributed by atoms with van der Waals surface area (Å²) in [6, 6.07) is 0. The van der Waals surface area contributed by atoms with E-state index in [0.29, 0.717) is 0 Å². The monoisotopic (exact) mass is 263 g/mol. The lowest BCUT2D eigenvalue weighted by Gasteiger charge is -2.29. The molecule has 1 aromatic rings. The molecular formula is C14H25N5. The van der Waals surface area contributed by atoms with Crippen molar-refractivity contribution in [3.63, 3.8) is 0 Å². The molecule has 0 unspecified atom stereocenters. The number of aryl methyl sites for hydroxylation is 1. The molecule has 1 aliphatic rings. The van der Waals surface area contributed by atoms with Gasteiger partial charge in [-0.1, -0.05) is 6.08 Å². The minimum Gasteiger partial charge on any atom is -0.344 e. The maximum absolute atomic E-state index is 4.60. The van der Waals surface area contributed by atoms with Crippen molar-refractivity contribution in [2.75, 3.05) is 51.2 Å². The smallest absolute Gasteiger partial charge is 0.205 e. The number of hydrogen-bond acceptors (Lipinski definition) is 4. The van der Waals surface area contributed by atoms with Crippen LogP contribution in [0.3, 0.4) is 0 Å². The minimum atomic E-state index is 0.814. The maximum atomic E-state index is 4.60. The van der Waals surface area contributed by atoms with Crippen LogP contribution in [-0.4, -0.2) is 60.8 Å². The van der Waals surface area contributed by atoms with Gasteiger partial charge in [0.05, 0.1) is 5.69 Å². The van der Waals surface area contributed by atoms with Crippen molar-refractivity contribution >= 4 is 5.95 Å². The number of allylic oxidation sites excluding steroid dienone is 1. The topological polar surface area (TPSA) is 36.3 Å². The highest BCUT2D eigenvalue weighted by atomic mass is 15.3. The number of piperazine rings is 1. The predicted octanol–water partition coefficient (Wildman–Crippen LogP) is 0.719. The summed E-state index contributed by atoms with van der Waals surface area (Å²) in [6.45, 7) is 13.3. The molecule has 5 heteroatoms. The van der Waals surface area contributed by atoms with E-state index in [1.165, 1.54) is 0 Å². The molecule has 1 fully saturated rings. The van der Waals surface area contributed by atoms with Crippen molar-refractivity contribution in [3.05, 3.63) is 24.5 Å². The first-order chi connectivity index (χ1) is 9.20. The third-order valence-corrected chi connectivity index (χ3v) is 3.50. The van der Waals surface area contributed by atoms with E-state index in [1.807, 2.05) is 13.0 Å². The third kappa shape index (κ3) is 3.81. The summed E-state index contributed by atoms with van der Waals surface area (Å²) in [7, 11) is 2.11. The first-order valence-corrected chi connectivity index (χ1v) is 6.99. The molecule has 0 radical (unpaired) electrons. The quantitative estimate of drug-likeness (QED) is 0.767. The van der Waals surface area contributed by atoms with Gasteiger partial charge in [-0.05, 0) is 6.92 Å². The Morgan fingerprint density at radius 3 is 2.89 bits per heavy atom. The normalized spacial score (nSPS) is 16.5. The molecule has 5 nitrogen and oxygen atoms in total. The van der Waals surface area contributed by atoms with Crippen molar-refractivity contribution in [1.82, 2.24) is 19.8 Å². The molecule has 1 N–H and O–H groups in total. The number of rotatable bonds is 6. The molecule has 106 valence electrons. The Morgan fingerprint density at radius 1 is 1.47 bits per heavy atom. The van der Waals surface area contributed by atoms with Gasteiger partial charge in [-0.3, -0.25) is 4.90 Å². The highest BCUT2D eigenvalue weighted by Gasteiger charge is 2.13. The molecule has 2 rings (SSSR count). The Labute approximate surface area is 115 Å². The van der Waals surface area contributed by atoms with Crippen molar-refractivity contribution < 1.29 is 0 Å². The molecule has 0 saturated carbocycles. The first kappa shape index (κ1) is 14.1. The van der Waals surface area contributed by atoms with E-state index >= 15 is 0 Å². The largest absolute Gasteiger partial charge is 0.344 e. The molecule has 1 aliphatic heterocycles. The zero-order valence-corrected chi connectivity index (χ0v) is 12.1. The lowest BCUT2D eigenvalue weighted by molar-refractivity contribution is 0.246. The van der Waals surface area contributed by atoms with Gasteiger partial charge in [0.15, 0.2) is 0 Å². The molecule has 0 bridgehead atoms. The van der Waals surface area contributed by atoms with Gasteiger partial charge >= 0.3 is 0 Å². The van der Waals surface area contributed by atoms with Gasteiger partial charge in [-0.25, -0.2) is 4.98 Å². The second-order valence-corrected chi connectivity index (χ2v) is 5.14. The fourth-order valence-electron chi connectivity index (χ4n) is 2.44. The molecule has 0 amide bonds. The Bertz CT molecular complexity index is 406. The highest BCUT2D eigenvalue weighted by Crippen LogP contribution is 2.12. The molecule has 1 aromatic heterocycles. The SMILES string of the molecule is C=CCn1cc(C)nc1N(C)CCN1CCNCC1. The summed E-state index contributed by atoms with van der Waals surface area (Å²) in [5.41, 5.74) is 1.06. The zero-order chi connectivity index (χ0) is 13.7. The second kappa shape index (κ2) is 6.73. The van der Waals surface area contributed by atoms with E-state index in [4.69, 9.17) is 0 Å². The molecule has 0 aromatic carbocycles. The predicted molar refractivity (Wildman–Crippen MR) is 79.7 cm³/mol. The Balaban J connectivity index is 1.91. The van der Waals surface area contributed by atoms with Crippen molar-refractivity contribution in [3.8, 4) is 0 Å². The number of nitrogens with one attached hydrogen (secondary N) is 1. The molecule has 0 spiro atoms. The van der Waals surface area contributed by atoms with Gasteiger partial charge in [0.2, 0.25) is 5.95 Å². The van der Waals surface area contributed by atoms with Crippen LogP contribution in [0.2, 0.25) is 0 Å². The third-order valence-electron chi connectivity index (χ3n) is 3.50. The number of likely N-dealkylation sites (N-methyl/N-ethyl adjacent to an activating group) is 1. The van der Waals surface area contributed by atoms with Crippen molar-refractivity contribution in [2.24, 2.45) is 0 Å². The Morgan fingerprint density at radius 2 is 2.21 bits per heavy atom. The summed E-state index contributed by atoms with van der Waals surface area (Å²) < 4.78 is 2.15. The van der Waals surface area contributed by atoms with Crippen molar-refractivity contribution in [1.29, 1.82) is 0 Å². The van der Waals surface area contributed by atoms with E-state index in [-0.39, 0.29) is 0 Å². The number of imidazole rings is 1. The highest BCUT2D eigenvalue weighted by molar-refractivity contribution is 5.32. The van der Waals surface area contributed by atoms with Crippen LogP contribution in [0.15, 0.2) is 18.9 Å². The lowest BCUT2D eigenvalue weighted by atomic mass is 10.3. The standard InChI is InChI=1S/C14H25N5/c1-4-7-19-12-13(2)16-14(19)17(3)10-11-18-8-5-15-6-9-18/h4,12,15H,1,5-11H2,2-3H3. The molecular weight excluding hydrogens is 238 g/mol. The van der Waals surface area contributed by atoms with E-state index in [2.05, 4.69) is 44.5 Å². The molecule has 19 heavy (non-hydrogen) atoms. The minimum absolute atomic E-state index is 0.814. The van der Waals surface area contributed by atoms with Gasteiger partial charge < -0.3 is 14.8 Å². The van der Waals surface area contributed by atoms with Crippen LogP contribution in [0.25, 0.3) is 0 Å². The number of aromatic nitrogens is 2. The van der Waals surface area contributed by atoms with Crippen LogP contribution in [0.1, 0.15) is 5.69 Å². The number of nitrogens with zero attached hydrogens (tertiary/aromatic N) is 4. The summed E-state index contributed by atoms with van der Waals surface area (Å²) in [6.07, 6.45) is 3.99. The summed E-state index contributed by atoms with van der Waals surface area (Å²) in [4.78, 5) is 9.34. The molecule has 0 atom stereocenters.